The van der Waals surface area contributed by atoms with E-state index in [2.05, 4.69) is 25.6 Å². The van der Waals surface area contributed by atoms with Gasteiger partial charge in [-0.25, -0.2) is 13.1 Å². The number of aryl methyl sites for hydroxylation is 1. The van der Waals surface area contributed by atoms with Crippen LogP contribution in [0.15, 0.2) is 64.1 Å². The fraction of sp³-hybridized carbons (Fsp3) is 0.111. The Morgan fingerprint density at radius 2 is 1.84 bits per heavy atom. The maximum Gasteiger partial charge on any atom is 0.266 e. The fourth-order valence-electron chi connectivity index (χ4n) is 2.53. The summed E-state index contributed by atoms with van der Waals surface area (Å²) in [7, 11) is -4.00. The van der Waals surface area contributed by atoms with Crippen LogP contribution in [0.1, 0.15) is 11.1 Å². The van der Waals surface area contributed by atoms with Crippen molar-refractivity contribution >= 4 is 42.8 Å². The Kier molecular flexibility index (Phi) is 4.87. The van der Waals surface area contributed by atoms with E-state index in [-0.39, 0.29) is 11.3 Å². The third-order valence-corrected chi connectivity index (χ3v) is 5.70. The highest BCUT2D eigenvalue weighted by Gasteiger charge is 2.21. The molecule has 128 valence electrons. The van der Waals surface area contributed by atoms with Crippen molar-refractivity contribution in [2.75, 3.05) is 0 Å². The Hall–Kier alpha value is -2.25. The average Bonchev–Trinajstić information content (AvgIpc) is 2.56. The molecule has 0 spiro atoms. The largest absolute Gasteiger partial charge is 0.274 e. The number of para-hydroxylation sites is 1. The molecule has 3 aromatic rings. The Labute approximate surface area is 154 Å². The molecule has 0 saturated heterocycles. The zero-order chi connectivity index (χ0) is 18.0. The summed E-state index contributed by atoms with van der Waals surface area (Å²) in [5, 5.41) is 0.741. The SMILES string of the molecule is Cc1ccnc2c(S(=O)(=O)NC(=O)Cc3ccc(Br)cc3)cccc12. The van der Waals surface area contributed by atoms with Crippen LogP contribution >= 0.6 is 15.9 Å². The molecule has 1 amide bonds. The summed E-state index contributed by atoms with van der Waals surface area (Å²) in [6.07, 6.45) is 1.53. The predicted molar refractivity (Wildman–Crippen MR) is 99.7 cm³/mol. The lowest BCUT2D eigenvalue weighted by Gasteiger charge is -2.10. The first-order chi connectivity index (χ1) is 11.9. The van der Waals surface area contributed by atoms with Crippen LogP contribution in [-0.2, 0) is 21.2 Å². The first kappa shape index (κ1) is 17.6. The van der Waals surface area contributed by atoms with Gasteiger partial charge in [0, 0.05) is 16.1 Å². The molecule has 1 aromatic heterocycles. The molecule has 1 heterocycles. The third-order valence-electron chi connectivity index (χ3n) is 3.77. The number of aromatic nitrogens is 1. The lowest BCUT2D eigenvalue weighted by Crippen LogP contribution is -2.32. The fourth-order valence-corrected chi connectivity index (χ4v) is 3.95. The minimum absolute atomic E-state index is 0.00199. The minimum Gasteiger partial charge on any atom is -0.274 e. The summed E-state index contributed by atoms with van der Waals surface area (Å²) in [4.78, 5) is 16.3. The molecule has 2 aromatic carbocycles. The van der Waals surface area contributed by atoms with Crippen LogP contribution in [0.3, 0.4) is 0 Å². The second-order valence-electron chi connectivity index (χ2n) is 5.61. The van der Waals surface area contributed by atoms with E-state index in [4.69, 9.17) is 0 Å². The normalized spacial score (nSPS) is 11.4. The quantitative estimate of drug-likeness (QED) is 0.704. The van der Waals surface area contributed by atoms with E-state index >= 15 is 0 Å². The predicted octanol–water partition coefficient (Wildman–Crippen LogP) is 3.35. The summed E-state index contributed by atoms with van der Waals surface area (Å²) in [5.74, 6) is -0.591. The van der Waals surface area contributed by atoms with Crippen molar-refractivity contribution in [3.05, 3.63) is 70.3 Å². The average molecular weight is 419 g/mol. The number of pyridine rings is 1. The van der Waals surface area contributed by atoms with Crippen LogP contribution in [0.5, 0.6) is 0 Å². The molecule has 0 atom stereocenters. The van der Waals surface area contributed by atoms with Crippen LogP contribution in [0.2, 0.25) is 0 Å². The molecule has 3 rings (SSSR count). The molecular formula is C18H15BrN2O3S. The number of hydrogen-bond acceptors (Lipinski definition) is 4. The standard InChI is InChI=1S/C18H15BrN2O3S/c1-12-9-10-20-18-15(12)3-2-4-16(18)25(23,24)21-17(22)11-13-5-7-14(19)8-6-13/h2-10H,11H2,1H3,(H,21,22). The number of nitrogens with one attached hydrogen (secondary N) is 1. The smallest absolute Gasteiger partial charge is 0.266 e. The van der Waals surface area contributed by atoms with Crippen LogP contribution in [0.25, 0.3) is 10.9 Å². The number of carbonyl (C=O) groups is 1. The third kappa shape index (κ3) is 3.88. The number of nitrogens with zero attached hydrogens (tertiary/aromatic N) is 1. The van der Waals surface area contributed by atoms with Crippen molar-refractivity contribution in [2.45, 2.75) is 18.2 Å². The first-order valence-corrected chi connectivity index (χ1v) is 9.79. The van der Waals surface area contributed by atoms with Gasteiger partial charge >= 0.3 is 0 Å². The van der Waals surface area contributed by atoms with Crippen LogP contribution in [-0.4, -0.2) is 19.3 Å². The number of hydrogen-bond donors (Lipinski definition) is 1. The van der Waals surface area contributed by atoms with Crippen molar-refractivity contribution in [2.24, 2.45) is 0 Å². The maximum atomic E-state index is 12.6. The van der Waals surface area contributed by atoms with Crippen molar-refractivity contribution in [1.29, 1.82) is 0 Å². The van der Waals surface area contributed by atoms with E-state index in [0.717, 1.165) is 21.0 Å². The van der Waals surface area contributed by atoms with Crippen LogP contribution in [0, 0.1) is 6.92 Å². The first-order valence-electron chi connectivity index (χ1n) is 7.51. The Balaban J connectivity index is 1.88. The highest BCUT2D eigenvalue weighted by molar-refractivity contribution is 9.10. The molecule has 5 nitrogen and oxygen atoms in total. The number of sulfonamides is 1. The van der Waals surface area contributed by atoms with Gasteiger partial charge in [-0.15, -0.1) is 0 Å². The van der Waals surface area contributed by atoms with Gasteiger partial charge in [0.2, 0.25) is 5.91 Å². The topological polar surface area (TPSA) is 76.1 Å². The van der Waals surface area contributed by atoms with Crippen molar-refractivity contribution in [1.82, 2.24) is 9.71 Å². The van der Waals surface area contributed by atoms with Gasteiger partial charge in [0.15, 0.2) is 0 Å². The summed E-state index contributed by atoms with van der Waals surface area (Å²) in [6.45, 7) is 1.88. The van der Waals surface area contributed by atoms with Gasteiger partial charge in [-0.05, 0) is 42.3 Å². The summed E-state index contributed by atoms with van der Waals surface area (Å²) < 4.78 is 28.3. The van der Waals surface area contributed by atoms with Crippen LogP contribution < -0.4 is 4.72 Å². The second kappa shape index (κ2) is 6.93. The minimum atomic E-state index is -4.00. The van der Waals surface area contributed by atoms with Gasteiger partial charge in [-0.3, -0.25) is 9.78 Å². The highest BCUT2D eigenvalue weighted by Crippen LogP contribution is 2.23. The van der Waals surface area contributed by atoms with Gasteiger partial charge in [0.1, 0.15) is 4.90 Å². The molecule has 1 N–H and O–H groups in total. The monoisotopic (exact) mass is 418 g/mol. The van der Waals surface area contributed by atoms with E-state index in [1.165, 1.54) is 6.07 Å². The molecule has 0 saturated carbocycles. The molecule has 0 bridgehead atoms. The van der Waals surface area contributed by atoms with Gasteiger partial charge in [0.05, 0.1) is 11.9 Å². The summed E-state index contributed by atoms with van der Waals surface area (Å²) >= 11 is 3.32. The second-order valence-corrected chi connectivity index (χ2v) is 8.18. The molecule has 0 unspecified atom stereocenters. The number of fused-ring (bicyclic) bond motifs is 1. The zero-order valence-electron chi connectivity index (χ0n) is 13.4. The number of amides is 1. The zero-order valence-corrected chi connectivity index (χ0v) is 15.8. The number of benzene rings is 2. The van der Waals surface area contributed by atoms with E-state index in [9.17, 15) is 13.2 Å². The number of rotatable bonds is 4. The van der Waals surface area contributed by atoms with Gasteiger partial charge in [-0.2, -0.15) is 0 Å². The number of carbonyl (C=O) groups excluding carboxylic acids is 1. The van der Waals surface area contributed by atoms with Gasteiger partial charge in [0.25, 0.3) is 10.0 Å². The molecule has 25 heavy (non-hydrogen) atoms. The van der Waals surface area contributed by atoms with E-state index in [0.29, 0.717) is 5.52 Å². The van der Waals surface area contributed by atoms with Gasteiger partial charge < -0.3 is 0 Å². The van der Waals surface area contributed by atoms with Crippen molar-refractivity contribution in [3.63, 3.8) is 0 Å². The van der Waals surface area contributed by atoms with Crippen molar-refractivity contribution in [3.8, 4) is 0 Å². The molecule has 0 radical (unpaired) electrons. The Morgan fingerprint density at radius 1 is 1.12 bits per heavy atom. The summed E-state index contributed by atoms with van der Waals surface area (Å²) in [6, 6.07) is 13.8. The Bertz CT molecular complexity index is 1050. The molecular weight excluding hydrogens is 404 g/mol. The van der Waals surface area contributed by atoms with E-state index in [1.807, 2.05) is 13.0 Å². The molecule has 7 heteroatoms. The maximum absolute atomic E-state index is 12.6. The lowest BCUT2D eigenvalue weighted by atomic mass is 10.1. The highest BCUT2D eigenvalue weighted by atomic mass is 79.9. The van der Waals surface area contributed by atoms with Crippen LogP contribution in [0.4, 0.5) is 0 Å². The molecule has 0 aliphatic heterocycles. The number of halogens is 1. The van der Waals surface area contributed by atoms with Crippen molar-refractivity contribution < 1.29 is 13.2 Å². The molecule has 0 fully saturated rings. The molecule has 0 aliphatic carbocycles. The van der Waals surface area contributed by atoms with E-state index in [1.54, 1.807) is 42.6 Å². The molecule has 0 aliphatic rings. The Morgan fingerprint density at radius 3 is 2.56 bits per heavy atom. The van der Waals surface area contributed by atoms with Gasteiger partial charge in [-0.1, -0.05) is 40.2 Å². The summed E-state index contributed by atoms with van der Waals surface area (Å²) in [5.41, 5.74) is 2.00. The van der Waals surface area contributed by atoms with E-state index < -0.39 is 15.9 Å². The lowest BCUT2D eigenvalue weighted by molar-refractivity contribution is -0.118.